The normalized spacial score (nSPS) is 12.5. The number of rotatable bonds is 8. The van der Waals surface area contributed by atoms with Gasteiger partial charge < -0.3 is 16.8 Å². The van der Waals surface area contributed by atoms with Crippen molar-refractivity contribution in [3.63, 3.8) is 0 Å². The van der Waals surface area contributed by atoms with E-state index in [1.165, 1.54) is 0 Å². The predicted molar refractivity (Wildman–Crippen MR) is 67.2 cm³/mol. The smallest absolute Gasteiger partial charge is 0.185 e. The van der Waals surface area contributed by atoms with Crippen molar-refractivity contribution in [1.82, 2.24) is 5.32 Å². The highest BCUT2D eigenvalue weighted by Crippen LogP contribution is 2.07. The van der Waals surface area contributed by atoms with Gasteiger partial charge in [-0.3, -0.25) is 9.79 Å². The SMILES string of the molecule is CC(=O)C(CCCN=C(N)N)CNC(C)C. The summed E-state index contributed by atoms with van der Waals surface area (Å²) >= 11 is 0. The largest absolute Gasteiger partial charge is 0.370 e. The van der Waals surface area contributed by atoms with E-state index in [1.54, 1.807) is 6.92 Å². The van der Waals surface area contributed by atoms with Crippen molar-refractivity contribution in [1.29, 1.82) is 0 Å². The molecule has 0 aromatic rings. The molecule has 0 aliphatic carbocycles. The van der Waals surface area contributed by atoms with Crippen molar-refractivity contribution in [2.75, 3.05) is 13.1 Å². The maximum absolute atomic E-state index is 11.4. The van der Waals surface area contributed by atoms with Gasteiger partial charge in [-0.15, -0.1) is 0 Å². The quantitative estimate of drug-likeness (QED) is 0.315. The summed E-state index contributed by atoms with van der Waals surface area (Å²) in [6.07, 6.45) is 1.66. The average molecular weight is 228 g/mol. The van der Waals surface area contributed by atoms with Gasteiger partial charge >= 0.3 is 0 Å². The molecular weight excluding hydrogens is 204 g/mol. The first-order valence-corrected chi connectivity index (χ1v) is 5.72. The van der Waals surface area contributed by atoms with Crippen molar-refractivity contribution < 1.29 is 4.79 Å². The second-order valence-corrected chi connectivity index (χ2v) is 4.32. The number of ketones is 1. The average Bonchev–Trinajstić information content (AvgIpc) is 2.15. The first-order valence-electron chi connectivity index (χ1n) is 5.72. The van der Waals surface area contributed by atoms with Crippen LogP contribution in [0.15, 0.2) is 4.99 Å². The van der Waals surface area contributed by atoms with Gasteiger partial charge in [0, 0.05) is 25.0 Å². The van der Waals surface area contributed by atoms with Gasteiger partial charge in [0.2, 0.25) is 0 Å². The minimum Gasteiger partial charge on any atom is -0.370 e. The molecule has 0 saturated carbocycles. The van der Waals surface area contributed by atoms with Crippen LogP contribution in [0.4, 0.5) is 0 Å². The molecule has 0 radical (unpaired) electrons. The van der Waals surface area contributed by atoms with Crippen LogP contribution in [0, 0.1) is 5.92 Å². The van der Waals surface area contributed by atoms with Gasteiger partial charge in [-0.05, 0) is 19.8 Å². The number of nitrogens with one attached hydrogen (secondary N) is 1. The van der Waals surface area contributed by atoms with Crippen molar-refractivity contribution in [3.05, 3.63) is 0 Å². The Morgan fingerprint density at radius 3 is 2.44 bits per heavy atom. The fraction of sp³-hybridized carbons (Fsp3) is 0.818. The standard InChI is InChI=1S/C11H24N4O/c1-8(2)15-7-10(9(3)16)5-4-6-14-11(12)13/h8,10,15H,4-7H2,1-3H3,(H4,12,13,14). The van der Waals surface area contributed by atoms with E-state index in [9.17, 15) is 4.79 Å². The van der Waals surface area contributed by atoms with E-state index in [4.69, 9.17) is 11.5 Å². The topological polar surface area (TPSA) is 93.5 Å². The van der Waals surface area contributed by atoms with Crippen LogP contribution in [-0.2, 0) is 4.79 Å². The summed E-state index contributed by atoms with van der Waals surface area (Å²) < 4.78 is 0. The van der Waals surface area contributed by atoms with E-state index in [0.29, 0.717) is 12.6 Å². The van der Waals surface area contributed by atoms with Crippen molar-refractivity contribution in [2.45, 2.75) is 39.7 Å². The maximum atomic E-state index is 11.4. The number of guanidine groups is 1. The Kier molecular flexibility index (Phi) is 7.54. The van der Waals surface area contributed by atoms with E-state index in [-0.39, 0.29) is 17.7 Å². The zero-order valence-corrected chi connectivity index (χ0v) is 10.5. The fourth-order valence-corrected chi connectivity index (χ4v) is 1.37. The lowest BCUT2D eigenvalue weighted by Gasteiger charge is -2.16. The van der Waals surface area contributed by atoms with Crippen LogP contribution in [0.25, 0.3) is 0 Å². The Morgan fingerprint density at radius 1 is 1.38 bits per heavy atom. The lowest BCUT2D eigenvalue weighted by molar-refractivity contribution is -0.120. The Hall–Kier alpha value is -1.10. The molecule has 1 atom stereocenters. The van der Waals surface area contributed by atoms with Gasteiger partial charge in [-0.1, -0.05) is 13.8 Å². The molecule has 0 aliphatic heterocycles. The predicted octanol–water partition coefficient (Wildman–Crippen LogP) is 0.243. The molecule has 0 saturated heterocycles. The molecule has 0 rings (SSSR count). The molecule has 0 fully saturated rings. The number of carbonyl (C=O) groups is 1. The Morgan fingerprint density at radius 2 is 2.00 bits per heavy atom. The van der Waals surface area contributed by atoms with Gasteiger partial charge in [0.25, 0.3) is 0 Å². The van der Waals surface area contributed by atoms with E-state index in [1.807, 2.05) is 0 Å². The van der Waals surface area contributed by atoms with Crippen LogP contribution < -0.4 is 16.8 Å². The number of hydrogen-bond donors (Lipinski definition) is 3. The molecule has 94 valence electrons. The summed E-state index contributed by atoms with van der Waals surface area (Å²) in [5.74, 6) is 0.397. The molecule has 5 nitrogen and oxygen atoms in total. The summed E-state index contributed by atoms with van der Waals surface area (Å²) in [7, 11) is 0. The second-order valence-electron chi connectivity index (χ2n) is 4.32. The minimum atomic E-state index is 0.0663. The number of Topliss-reactive ketones (excluding diaryl/α,β-unsaturated/α-hetero) is 1. The van der Waals surface area contributed by atoms with Crippen LogP contribution in [0.1, 0.15) is 33.6 Å². The summed E-state index contributed by atoms with van der Waals surface area (Å²) in [6.45, 7) is 7.09. The molecule has 0 amide bonds. The molecule has 16 heavy (non-hydrogen) atoms. The van der Waals surface area contributed by atoms with Crippen LogP contribution in [-0.4, -0.2) is 30.9 Å². The fourth-order valence-electron chi connectivity index (χ4n) is 1.37. The molecule has 0 aromatic heterocycles. The molecule has 0 bridgehead atoms. The highest BCUT2D eigenvalue weighted by molar-refractivity contribution is 5.78. The zero-order chi connectivity index (χ0) is 12.6. The zero-order valence-electron chi connectivity index (χ0n) is 10.5. The molecule has 0 aromatic carbocycles. The number of nitrogens with two attached hydrogens (primary N) is 2. The van der Waals surface area contributed by atoms with Crippen LogP contribution in [0.5, 0.6) is 0 Å². The second kappa shape index (κ2) is 8.10. The molecule has 5 N–H and O–H groups in total. The lowest BCUT2D eigenvalue weighted by Crippen LogP contribution is -2.32. The highest BCUT2D eigenvalue weighted by Gasteiger charge is 2.13. The summed E-state index contributed by atoms with van der Waals surface area (Å²) in [6, 6.07) is 0.402. The first-order chi connectivity index (χ1) is 7.43. The van der Waals surface area contributed by atoms with Gasteiger partial charge in [0.15, 0.2) is 5.96 Å². The van der Waals surface area contributed by atoms with Gasteiger partial charge in [-0.2, -0.15) is 0 Å². The monoisotopic (exact) mass is 228 g/mol. The van der Waals surface area contributed by atoms with Crippen LogP contribution in [0.2, 0.25) is 0 Å². The Bertz CT molecular complexity index is 234. The molecule has 0 heterocycles. The summed E-state index contributed by atoms with van der Waals surface area (Å²) in [5.41, 5.74) is 10.4. The molecular formula is C11H24N4O. The van der Waals surface area contributed by atoms with E-state index < -0.39 is 0 Å². The first kappa shape index (κ1) is 14.9. The number of hydrogen-bond acceptors (Lipinski definition) is 3. The van der Waals surface area contributed by atoms with Gasteiger partial charge in [-0.25, -0.2) is 0 Å². The summed E-state index contributed by atoms with van der Waals surface area (Å²) in [4.78, 5) is 15.3. The number of nitrogens with zero attached hydrogens (tertiary/aromatic N) is 1. The van der Waals surface area contributed by atoms with E-state index in [0.717, 1.165) is 19.4 Å². The van der Waals surface area contributed by atoms with E-state index in [2.05, 4.69) is 24.2 Å². The lowest BCUT2D eigenvalue weighted by atomic mass is 9.99. The third-order valence-corrected chi connectivity index (χ3v) is 2.35. The van der Waals surface area contributed by atoms with Crippen molar-refractivity contribution >= 4 is 11.7 Å². The summed E-state index contributed by atoms with van der Waals surface area (Å²) in [5, 5.41) is 3.27. The van der Waals surface area contributed by atoms with E-state index >= 15 is 0 Å². The highest BCUT2D eigenvalue weighted by atomic mass is 16.1. The van der Waals surface area contributed by atoms with Gasteiger partial charge in [0.05, 0.1) is 0 Å². The molecule has 0 spiro atoms. The van der Waals surface area contributed by atoms with Crippen LogP contribution >= 0.6 is 0 Å². The van der Waals surface area contributed by atoms with Crippen molar-refractivity contribution in [2.24, 2.45) is 22.4 Å². The Balaban J connectivity index is 3.86. The molecule has 5 heteroatoms. The number of carbonyl (C=O) groups excluding carboxylic acids is 1. The third kappa shape index (κ3) is 8.23. The van der Waals surface area contributed by atoms with Gasteiger partial charge in [0.1, 0.15) is 5.78 Å². The Labute approximate surface area is 97.7 Å². The molecule has 1 unspecified atom stereocenters. The third-order valence-electron chi connectivity index (χ3n) is 2.35. The van der Waals surface area contributed by atoms with Crippen LogP contribution in [0.3, 0.4) is 0 Å². The minimum absolute atomic E-state index is 0.0663. The van der Waals surface area contributed by atoms with Crippen molar-refractivity contribution in [3.8, 4) is 0 Å². The maximum Gasteiger partial charge on any atom is 0.185 e. The number of aliphatic imine (C=N–C) groups is 1. The molecule has 0 aliphatic rings.